The molecule has 0 amide bonds. The van der Waals surface area contributed by atoms with E-state index >= 15 is 0 Å². The smallest absolute Gasteiger partial charge is 0.492 e. The first-order chi connectivity index (χ1) is 21.1. The maximum absolute atomic E-state index is 5.67. The molecule has 0 aliphatic carbocycles. The summed E-state index contributed by atoms with van der Waals surface area (Å²) in [5.41, 5.74) is 2.37. The fourth-order valence-corrected chi connectivity index (χ4v) is 12.3. The van der Waals surface area contributed by atoms with Gasteiger partial charge in [-0.3, -0.25) is 0 Å². The zero-order chi connectivity index (χ0) is 30.5. The molecule has 0 spiro atoms. The zero-order valence-corrected chi connectivity index (χ0v) is 28.9. The van der Waals surface area contributed by atoms with Gasteiger partial charge in [0.15, 0.2) is 11.5 Å². The number of hydrogen-bond donors (Lipinski definition) is 0. The van der Waals surface area contributed by atoms with E-state index < -0.39 is 7.26 Å². The second-order valence-corrected chi connectivity index (χ2v) is 16.2. The van der Waals surface area contributed by atoms with Crippen LogP contribution in [0.2, 0.25) is 0 Å². The molecule has 0 unspecified atom stereocenters. The van der Waals surface area contributed by atoms with E-state index in [9.17, 15) is 0 Å². The van der Waals surface area contributed by atoms with E-state index in [1.165, 1.54) is 72.6 Å². The van der Waals surface area contributed by atoms with Crippen molar-refractivity contribution in [2.45, 2.75) is 64.7 Å². The molecular formula is C38H48BrO3P. The van der Waals surface area contributed by atoms with Crippen molar-refractivity contribution in [2.75, 3.05) is 27.5 Å². The molecule has 43 heavy (non-hydrogen) atoms. The third kappa shape index (κ3) is 7.83. The number of rotatable bonds is 17. The molecule has 0 radical (unpaired) electrons. The van der Waals surface area contributed by atoms with Crippen LogP contribution < -0.4 is 30.1 Å². The molecule has 0 saturated carbocycles. The van der Waals surface area contributed by atoms with Crippen molar-refractivity contribution < 1.29 is 14.2 Å². The van der Waals surface area contributed by atoms with E-state index in [1.54, 1.807) is 21.3 Å². The average Bonchev–Trinajstić information content (AvgIpc) is 3.06. The molecule has 4 aromatic carbocycles. The predicted molar refractivity (Wildman–Crippen MR) is 191 cm³/mol. The summed E-state index contributed by atoms with van der Waals surface area (Å²) in [6.07, 6.45) is 12.4. The van der Waals surface area contributed by atoms with Gasteiger partial charge in [0.2, 0.25) is 5.75 Å². The van der Waals surface area contributed by atoms with Gasteiger partial charge in [0.25, 0.3) is 0 Å². The topological polar surface area (TPSA) is 27.7 Å². The molecule has 5 heteroatoms. The Morgan fingerprint density at radius 2 is 0.907 bits per heavy atom. The fourth-order valence-electron chi connectivity index (χ4n) is 6.58. The molecule has 4 rings (SSSR count). The van der Waals surface area contributed by atoms with E-state index in [0.717, 1.165) is 28.6 Å². The Balaban J connectivity index is 1.29. The van der Waals surface area contributed by atoms with Crippen LogP contribution in [0.25, 0.3) is 0 Å². The van der Waals surface area contributed by atoms with E-state index in [0.29, 0.717) is 11.5 Å². The van der Waals surface area contributed by atoms with Crippen LogP contribution in [-0.2, 0) is 6.42 Å². The van der Waals surface area contributed by atoms with Crippen LogP contribution in [0.5, 0.6) is 17.2 Å². The van der Waals surface area contributed by atoms with Crippen molar-refractivity contribution >= 4 is 39.1 Å². The second kappa shape index (κ2) is 16.9. The zero-order valence-electron chi connectivity index (χ0n) is 26.3. The minimum Gasteiger partial charge on any atom is -0.492 e. The SMILES string of the molecule is COc1c(C)c(CCCCCCCCCC[PH](c2ccccc2)(c2ccccc2)c2ccccc2)c(Br)c(OC)c1OC. The molecule has 230 valence electrons. The molecule has 0 heterocycles. The van der Waals surface area contributed by atoms with Crippen LogP contribution in [-0.4, -0.2) is 27.5 Å². The quantitative estimate of drug-likeness (QED) is 0.0833. The molecule has 4 aromatic rings. The molecule has 0 N–H and O–H groups in total. The Bertz CT molecular complexity index is 1270. The van der Waals surface area contributed by atoms with Crippen molar-refractivity contribution in [3.63, 3.8) is 0 Å². The summed E-state index contributed by atoms with van der Waals surface area (Å²) in [7, 11) is 2.92. The van der Waals surface area contributed by atoms with Crippen molar-refractivity contribution in [1.29, 1.82) is 0 Å². The van der Waals surface area contributed by atoms with E-state index in [4.69, 9.17) is 14.2 Å². The summed E-state index contributed by atoms with van der Waals surface area (Å²) >= 11 is 3.77. The molecule has 0 atom stereocenters. The Morgan fingerprint density at radius 1 is 0.512 bits per heavy atom. The monoisotopic (exact) mass is 662 g/mol. The van der Waals surface area contributed by atoms with Gasteiger partial charge in [0.1, 0.15) is 0 Å². The number of hydrogen-bond acceptors (Lipinski definition) is 3. The summed E-state index contributed by atoms with van der Waals surface area (Å²) in [5.74, 6) is 2.12. The third-order valence-electron chi connectivity index (χ3n) is 8.81. The van der Waals surface area contributed by atoms with Gasteiger partial charge < -0.3 is 14.2 Å². The Hall–Kier alpha value is -2.81. The van der Waals surface area contributed by atoms with Crippen molar-refractivity contribution in [3.8, 4) is 17.2 Å². The van der Waals surface area contributed by atoms with Gasteiger partial charge in [-0.05, 0) is 22.9 Å². The first-order valence-electron chi connectivity index (χ1n) is 15.7. The normalized spacial score (nSPS) is 11.7. The molecule has 0 fully saturated rings. The summed E-state index contributed by atoms with van der Waals surface area (Å²) in [5, 5.41) is 4.55. The van der Waals surface area contributed by atoms with Gasteiger partial charge in [0.05, 0.1) is 21.3 Å². The number of ether oxygens (including phenoxy) is 3. The van der Waals surface area contributed by atoms with Gasteiger partial charge in [-0.25, -0.2) is 0 Å². The molecule has 0 bridgehead atoms. The van der Waals surface area contributed by atoms with Crippen LogP contribution in [0.1, 0.15) is 62.5 Å². The predicted octanol–water partition coefficient (Wildman–Crippen LogP) is 9.17. The number of halogens is 1. The van der Waals surface area contributed by atoms with Crippen molar-refractivity contribution in [3.05, 3.63) is 107 Å². The second-order valence-electron chi connectivity index (χ2n) is 11.3. The van der Waals surface area contributed by atoms with Crippen LogP contribution in [0.3, 0.4) is 0 Å². The first kappa shape index (κ1) is 33.1. The molecule has 0 aliphatic heterocycles. The third-order valence-corrected chi connectivity index (χ3v) is 14.7. The van der Waals surface area contributed by atoms with Gasteiger partial charge >= 0.3 is 194 Å². The van der Waals surface area contributed by atoms with Gasteiger partial charge in [-0.1, -0.05) is 0 Å². The number of unbranched alkanes of at least 4 members (excludes halogenated alkanes) is 7. The minimum absolute atomic E-state index is 0.648. The Kier molecular flexibility index (Phi) is 13.0. The number of methoxy groups -OCH3 is 3. The fraction of sp³-hybridized carbons (Fsp3) is 0.368. The van der Waals surface area contributed by atoms with Crippen LogP contribution in [0, 0.1) is 6.92 Å². The molecule has 0 aromatic heterocycles. The molecule has 3 nitrogen and oxygen atoms in total. The standard InChI is InChI=1S/C38H48BrO3P/c1-30-34(35(39)37(41-3)38(42-4)36(30)40-2)28-20-9-7-5-6-8-10-21-29-43(31-22-14-11-15-23-31,32-24-16-12-17-25-32)33-26-18-13-19-27-33/h11-19,22-27,43H,5-10,20-21,28-29H2,1-4H3. The van der Waals surface area contributed by atoms with Crippen LogP contribution in [0.15, 0.2) is 95.5 Å². The Morgan fingerprint density at radius 3 is 1.33 bits per heavy atom. The number of benzene rings is 4. The molecule has 0 aliphatic rings. The average molecular weight is 664 g/mol. The maximum atomic E-state index is 5.67. The van der Waals surface area contributed by atoms with Crippen LogP contribution in [0.4, 0.5) is 0 Å². The van der Waals surface area contributed by atoms with Crippen LogP contribution >= 0.6 is 23.2 Å². The van der Waals surface area contributed by atoms with Gasteiger partial charge in [-0.15, -0.1) is 0 Å². The summed E-state index contributed by atoms with van der Waals surface area (Å²) in [6.45, 7) is 2.10. The molecular weight excluding hydrogens is 615 g/mol. The van der Waals surface area contributed by atoms with E-state index in [2.05, 4.69) is 114 Å². The van der Waals surface area contributed by atoms with Gasteiger partial charge in [-0.2, -0.15) is 0 Å². The van der Waals surface area contributed by atoms with Crippen molar-refractivity contribution in [2.24, 2.45) is 0 Å². The van der Waals surface area contributed by atoms with Gasteiger partial charge in [0, 0.05) is 0 Å². The summed E-state index contributed by atoms with van der Waals surface area (Å²) in [6, 6.07) is 33.9. The van der Waals surface area contributed by atoms with E-state index in [-0.39, 0.29) is 0 Å². The van der Waals surface area contributed by atoms with Crippen molar-refractivity contribution in [1.82, 2.24) is 0 Å². The summed E-state index contributed by atoms with van der Waals surface area (Å²) in [4.78, 5) is 0. The summed E-state index contributed by atoms with van der Waals surface area (Å²) < 4.78 is 17.9. The molecule has 0 saturated heterocycles. The minimum atomic E-state index is -2.10. The van der Waals surface area contributed by atoms with E-state index in [1.807, 2.05) is 0 Å². The first-order valence-corrected chi connectivity index (χ1v) is 18.7. The Labute approximate surface area is 268 Å².